The molecular formula is C13H21NO2S. The molecule has 0 aromatic heterocycles. The number of benzene rings is 1. The molecule has 0 aliphatic heterocycles. The van der Waals surface area contributed by atoms with Gasteiger partial charge in [0.1, 0.15) is 0 Å². The molecule has 1 rings (SSSR count). The topological polar surface area (TPSA) is 46.2 Å². The van der Waals surface area contributed by atoms with E-state index in [0.29, 0.717) is 0 Å². The SMILES string of the molecule is C[C@H](NS(=O)(=O)Cc1ccccc1)C(C)(C)C. The fraction of sp³-hybridized carbons (Fsp3) is 0.538. The van der Waals surface area contributed by atoms with Crippen molar-refractivity contribution in [1.82, 2.24) is 4.72 Å². The number of hydrogen-bond donors (Lipinski definition) is 1. The second-order valence-corrected chi connectivity index (χ2v) is 7.20. The van der Waals surface area contributed by atoms with Crippen LogP contribution in [0, 0.1) is 5.41 Å². The van der Waals surface area contributed by atoms with Crippen LogP contribution in [0.3, 0.4) is 0 Å². The van der Waals surface area contributed by atoms with Crippen molar-refractivity contribution < 1.29 is 8.42 Å². The third kappa shape index (κ3) is 4.88. The van der Waals surface area contributed by atoms with E-state index in [0.717, 1.165) is 5.56 Å². The highest BCUT2D eigenvalue weighted by Crippen LogP contribution is 2.19. The Kier molecular flexibility index (Phi) is 4.33. The van der Waals surface area contributed by atoms with Gasteiger partial charge in [-0.2, -0.15) is 0 Å². The largest absolute Gasteiger partial charge is 0.216 e. The van der Waals surface area contributed by atoms with Crippen LogP contribution in [0.5, 0.6) is 0 Å². The summed E-state index contributed by atoms with van der Waals surface area (Å²) in [6.45, 7) is 7.94. The van der Waals surface area contributed by atoms with Crippen molar-refractivity contribution in [3.63, 3.8) is 0 Å². The summed E-state index contributed by atoms with van der Waals surface area (Å²) in [4.78, 5) is 0. The van der Waals surface area contributed by atoms with Gasteiger partial charge in [0.15, 0.2) is 0 Å². The van der Waals surface area contributed by atoms with E-state index < -0.39 is 10.0 Å². The quantitative estimate of drug-likeness (QED) is 0.898. The second kappa shape index (κ2) is 5.19. The minimum Gasteiger partial charge on any atom is -0.212 e. The molecule has 0 saturated carbocycles. The van der Waals surface area contributed by atoms with Gasteiger partial charge in [-0.1, -0.05) is 51.1 Å². The van der Waals surface area contributed by atoms with E-state index in [1.54, 1.807) is 0 Å². The van der Waals surface area contributed by atoms with Gasteiger partial charge in [0, 0.05) is 6.04 Å². The molecule has 1 N–H and O–H groups in total. The fourth-order valence-electron chi connectivity index (χ4n) is 1.28. The van der Waals surface area contributed by atoms with E-state index in [4.69, 9.17) is 0 Å². The van der Waals surface area contributed by atoms with E-state index in [9.17, 15) is 8.42 Å². The van der Waals surface area contributed by atoms with Gasteiger partial charge in [-0.25, -0.2) is 13.1 Å². The zero-order chi connectivity index (χ0) is 13.1. The lowest BCUT2D eigenvalue weighted by molar-refractivity contribution is 0.317. The summed E-state index contributed by atoms with van der Waals surface area (Å²) < 4.78 is 26.6. The lowest BCUT2D eigenvalue weighted by Gasteiger charge is -2.27. The molecule has 0 saturated heterocycles. The van der Waals surface area contributed by atoms with Crippen LogP contribution < -0.4 is 4.72 Å². The van der Waals surface area contributed by atoms with Crippen LogP contribution in [0.4, 0.5) is 0 Å². The molecule has 0 spiro atoms. The third-order valence-corrected chi connectivity index (χ3v) is 4.28. The van der Waals surface area contributed by atoms with E-state index in [1.807, 2.05) is 58.0 Å². The van der Waals surface area contributed by atoms with E-state index in [1.165, 1.54) is 0 Å². The first-order valence-electron chi connectivity index (χ1n) is 5.75. The van der Waals surface area contributed by atoms with Crippen LogP contribution in [0.15, 0.2) is 30.3 Å². The Bertz CT molecular complexity index is 446. The smallest absolute Gasteiger partial charge is 0.212 e. The van der Waals surface area contributed by atoms with Crippen LogP contribution in [0.25, 0.3) is 0 Å². The van der Waals surface area contributed by atoms with Crippen molar-refractivity contribution in [3.05, 3.63) is 35.9 Å². The van der Waals surface area contributed by atoms with Crippen molar-refractivity contribution in [2.24, 2.45) is 5.41 Å². The lowest BCUT2D eigenvalue weighted by Crippen LogP contribution is -2.41. The molecule has 0 aliphatic carbocycles. The number of rotatable bonds is 4. The summed E-state index contributed by atoms with van der Waals surface area (Å²) in [5.74, 6) is 0.0360. The van der Waals surface area contributed by atoms with Crippen molar-refractivity contribution in [2.75, 3.05) is 0 Å². The van der Waals surface area contributed by atoms with Crippen LogP contribution in [-0.2, 0) is 15.8 Å². The van der Waals surface area contributed by atoms with Crippen molar-refractivity contribution in [3.8, 4) is 0 Å². The van der Waals surface area contributed by atoms with Crippen molar-refractivity contribution >= 4 is 10.0 Å². The lowest BCUT2D eigenvalue weighted by atomic mass is 9.89. The molecule has 0 bridgehead atoms. The first-order valence-corrected chi connectivity index (χ1v) is 7.40. The Morgan fingerprint density at radius 3 is 2.18 bits per heavy atom. The monoisotopic (exact) mass is 255 g/mol. The highest BCUT2D eigenvalue weighted by atomic mass is 32.2. The Labute approximate surface area is 104 Å². The van der Waals surface area contributed by atoms with Crippen LogP contribution in [0.2, 0.25) is 0 Å². The van der Waals surface area contributed by atoms with Gasteiger partial charge in [-0.3, -0.25) is 0 Å². The standard InChI is InChI=1S/C13H21NO2S/c1-11(13(2,3)4)14-17(15,16)10-12-8-6-5-7-9-12/h5-9,11,14H,10H2,1-4H3/t11-/m0/s1. The van der Waals surface area contributed by atoms with Gasteiger partial charge in [-0.15, -0.1) is 0 Å². The minimum atomic E-state index is -3.27. The maximum Gasteiger partial charge on any atom is 0.216 e. The van der Waals surface area contributed by atoms with Gasteiger partial charge in [0.25, 0.3) is 0 Å². The average molecular weight is 255 g/mol. The third-order valence-electron chi connectivity index (χ3n) is 2.85. The summed E-state index contributed by atoms with van der Waals surface area (Å²) in [5, 5.41) is 0. The summed E-state index contributed by atoms with van der Waals surface area (Å²) in [7, 11) is -3.27. The zero-order valence-corrected chi connectivity index (χ0v) is 11.7. The van der Waals surface area contributed by atoms with Crippen molar-refractivity contribution in [2.45, 2.75) is 39.5 Å². The minimum absolute atomic E-state index is 0.0360. The molecule has 0 amide bonds. The van der Waals surface area contributed by atoms with Gasteiger partial charge >= 0.3 is 0 Å². The highest BCUT2D eigenvalue weighted by Gasteiger charge is 2.24. The predicted octanol–water partition coefficient (Wildman–Crippen LogP) is 2.54. The first kappa shape index (κ1) is 14.2. The fourth-order valence-corrected chi connectivity index (χ4v) is 2.89. The van der Waals surface area contributed by atoms with Crippen LogP contribution in [-0.4, -0.2) is 14.5 Å². The van der Waals surface area contributed by atoms with Gasteiger partial charge in [0.05, 0.1) is 5.75 Å². The summed E-state index contributed by atoms with van der Waals surface area (Å²) in [6, 6.07) is 9.12. The molecule has 1 aromatic rings. The molecule has 0 radical (unpaired) electrons. The Hall–Kier alpha value is -0.870. The molecule has 0 aliphatic rings. The Morgan fingerprint density at radius 2 is 1.71 bits per heavy atom. The molecule has 0 unspecified atom stereocenters. The molecule has 3 nitrogen and oxygen atoms in total. The molecule has 0 heterocycles. The van der Waals surface area contributed by atoms with Crippen LogP contribution >= 0.6 is 0 Å². The summed E-state index contributed by atoms with van der Waals surface area (Å²) in [5.41, 5.74) is 0.727. The predicted molar refractivity (Wildman–Crippen MR) is 71.1 cm³/mol. The molecule has 0 fully saturated rings. The van der Waals surface area contributed by atoms with Crippen LogP contribution in [0.1, 0.15) is 33.3 Å². The Balaban J connectivity index is 2.71. The van der Waals surface area contributed by atoms with Crippen molar-refractivity contribution in [1.29, 1.82) is 0 Å². The van der Waals surface area contributed by atoms with Gasteiger partial charge in [-0.05, 0) is 17.9 Å². The summed E-state index contributed by atoms with van der Waals surface area (Å²) in [6.07, 6.45) is 0. The first-order chi connectivity index (χ1) is 7.71. The van der Waals surface area contributed by atoms with E-state index >= 15 is 0 Å². The average Bonchev–Trinajstić information content (AvgIpc) is 2.16. The molecule has 96 valence electrons. The van der Waals surface area contributed by atoms with Gasteiger partial charge in [0.2, 0.25) is 10.0 Å². The maximum absolute atomic E-state index is 11.9. The molecule has 17 heavy (non-hydrogen) atoms. The highest BCUT2D eigenvalue weighted by molar-refractivity contribution is 7.88. The summed E-state index contributed by atoms with van der Waals surface area (Å²) >= 11 is 0. The molecular weight excluding hydrogens is 234 g/mol. The number of hydrogen-bond acceptors (Lipinski definition) is 2. The molecule has 1 aromatic carbocycles. The normalized spacial score (nSPS) is 14.6. The maximum atomic E-state index is 11.9. The Morgan fingerprint density at radius 1 is 1.18 bits per heavy atom. The number of nitrogens with one attached hydrogen (secondary N) is 1. The zero-order valence-electron chi connectivity index (χ0n) is 10.9. The van der Waals surface area contributed by atoms with Gasteiger partial charge < -0.3 is 0 Å². The molecule has 4 heteroatoms. The molecule has 1 atom stereocenters. The number of sulfonamides is 1. The van der Waals surface area contributed by atoms with E-state index in [-0.39, 0.29) is 17.2 Å². The second-order valence-electron chi connectivity index (χ2n) is 5.45. The van der Waals surface area contributed by atoms with E-state index in [2.05, 4.69) is 4.72 Å².